The zero-order chi connectivity index (χ0) is 10.8. The second-order valence-corrected chi connectivity index (χ2v) is 3.49. The third kappa shape index (κ3) is 2.42. The van der Waals surface area contributed by atoms with Crippen molar-refractivity contribution in [1.82, 2.24) is 0 Å². The van der Waals surface area contributed by atoms with Gasteiger partial charge in [0.15, 0.2) is 10.7 Å². The van der Waals surface area contributed by atoms with Crippen molar-refractivity contribution in [2.24, 2.45) is 5.92 Å². The van der Waals surface area contributed by atoms with Crippen LogP contribution in [-0.4, -0.2) is 32.8 Å². The van der Waals surface area contributed by atoms with Crippen molar-refractivity contribution in [3.05, 3.63) is 0 Å². The lowest BCUT2D eigenvalue weighted by molar-refractivity contribution is -0.149. The molecule has 0 spiro atoms. The van der Waals surface area contributed by atoms with Gasteiger partial charge in [-0.2, -0.15) is 0 Å². The first-order valence-corrected chi connectivity index (χ1v) is 3.78. The lowest BCUT2D eigenvalue weighted by Gasteiger charge is -2.17. The van der Waals surface area contributed by atoms with Gasteiger partial charge in [-0.1, -0.05) is 11.6 Å². The Morgan fingerprint density at radius 2 is 1.69 bits per heavy atom. The van der Waals surface area contributed by atoms with E-state index in [2.05, 4.69) is 0 Å². The summed E-state index contributed by atoms with van der Waals surface area (Å²) in [6.07, 6.45) is 0. The van der Waals surface area contributed by atoms with Gasteiger partial charge in [0.05, 0.1) is 0 Å². The van der Waals surface area contributed by atoms with E-state index < -0.39 is 28.5 Å². The third-order valence-electron chi connectivity index (χ3n) is 1.63. The second-order valence-electron chi connectivity index (χ2n) is 2.73. The summed E-state index contributed by atoms with van der Waals surface area (Å²) in [5.41, 5.74) is 0. The Kier molecular flexibility index (Phi) is 3.42. The molecule has 0 saturated heterocycles. The van der Waals surface area contributed by atoms with E-state index in [0.29, 0.717) is 0 Å². The number of hydrogen-bond donors (Lipinski definition) is 2. The minimum atomic E-state index is -2.17. The van der Waals surface area contributed by atoms with E-state index in [1.165, 1.54) is 0 Å². The van der Waals surface area contributed by atoms with Gasteiger partial charge in [0.1, 0.15) is 5.92 Å². The summed E-state index contributed by atoms with van der Waals surface area (Å²) < 4.78 is 0. The van der Waals surface area contributed by atoms with Gasteiger partial charge in [0, 0.05) is 0 Å². The van der Waals surface area contributed by atoms with Gasteiger partial charge in [-0.25, -0.2) is 4.79 Å². The first kappa shape index (κ1) is 11.9. The van der Waals surface area contributed by atoms with Crippen molar-refractivity contribution in [3.8, 4) is 0 Å². The number of aliphatic carboxylic acids is 2. The van der Waals surface area contributed by atoms with Gasteiger partial charge in [0.2, 0.25) is 0 Å². The van der Waals surface area contributed by atoms with Crippen LogP contribution in [0.25, 0.3) is 0 Å². The fourth-order valence-electron chi connectivity index (χ4n) is 0.624. The standard InChI is InChI=1S/C7H9ClO5/c1-3(5(10)11)4(9)7(2,8)6(12)13/h3H,1-2H3,(H,10,11)(H,12,13). The van der Waals surface area contributed by atoms with Gasteiger partial charge >= 0.3 is 11.9 Å². The molecule has 0 heterocycles. The summed E-state index contributed by atoms with van der Waals surface area (Å²) in [7, 11) is 0. The molecule has 0 fully saturated rings. The molecule has 0 bridgehead atoms. The number of carboxylic acids is 2. The smallest absolute Gasteiger partial charge is 0.332 e. The average molecular weight is 209 g/mol. The SMILES string of the molecule is CC(C(=O)O)C(=O)C(C)(Cl)C(=O)O. The molecule has 0 radical (unpaired) electrons. The highest BCUT2D eigenvalue weighted by molar-refractivity contribution is 6.46. The van der Waals surface area contributed by atoms with Crippen molar-refractivity contribution in [3.63, 3.8) is 0 Å². The van der Waals surface area contributed by atoms with Crippen LogP contribution in [0.4, 0.5) is 0 Å². The van der Waals surface area contributed by atoms with Crippen LogP contribution in [0.15, 0.2) is 0 Å². The van der Waals surface area contributed by atoms with Crippen LogP contribution in [0.2, 0.25) is 0 Å². The van der Waals surface area contributed by atoms with E-state index in [9.17, 15) is 14.4 Å². The molecule has 2 atom stereocenters. The van der Waals surface area contributed by atoms with Gasteiger partial charge in [-0.15, -0.1) is 0 Å². The Morgan fingerprint density at radius 3 is 1.92 bits per heavy atom. The molecule has 0 aliphatic rings. The molecule has 0 aromatic carbocycles. The van der Waals surface area contributed by atoms with E-state index in [1.54, 1.807) is 0 Å². The number of ketones is 1. The van der Waals surface area contributed by atoms with Crippen LogP contribution in [0, 0.1) is 5.92 Å². The number of carbonyl (C=O) groups excluding carboxylic acids is 1. The summed E-state index contributed by atoms with van der Waals surface area (Å²) in [5, 5.41) is 16.9. The average Bonchev–Trinajstić information content (AvgIpc) is 2.01. The predicted octanol–water partition coefficient (Wildman–Crippen LogP) is 0.358. The van der Waals surface area contributed by atoms with Crippen LogP contribution in [-0.2, 0) is 14.4 Å². The molecule has 74 valence electrons. The van der Waals surface area contributed by atoms with E-state index in [-0.39, 0.29) is 0 Å². The maximum Gasteiger partial charge on any atom is 0.332 e. The van der Waals surface area contributed by atoms with Gasteiger partial charge in [-0.05, 0) is 13.8 Å². The lowest BCUT2D eigenvalue weighted by atomic mass is 9.95. The molecule has 0 aliphatic heterocycles. The van der Waals surface area contributed by atoms with Gasteiger partial charge in [-0.3, -0.25) is 9.59 Å². The van der Waals surface area contributed by atoms with Crippen molar-refractivity contribution in [1.29, 1.82) is 0 Å². The van der Waals surface area contributed by atoms with Crippen molar-refractivity contribution in [2.45, 2.75) is 18.7 Å². The zero-order valence-corrected chi connectivity index (χ0v) is 7.83. The number of halogens is 1. The Bertz CT molecular complexity index is 258. The molecule has 0 saturated carbocycles. The quantitative estimate of drug-likeness (QED) is 0.514. The molecular formula is C7H9ClO5. The summed E-state index contributed by atoms with van der Waals surface area (Å²) >= 11 is 5.35. The van der Waals surface area contributed by atoms with E-state index >= 15 is 0 Å². The molecule has 0 aliphatic carbocycles. The highest BCUT2D eigenvalue weighted by Crippen LogP contribution is 2.20. The number of carboxylic acid groups (broad SMARTS) is 2. The minimum absolute atomic E-state index is 0.957. The van der Waals surface area contributed by atoms with Crippen LogP contribution in [0.3, 0.4) is 0 Å². The Morgan fingerprint density at radius 1 is 1.31 bits per heavy atom. The maximum atomic E-state index is 11.2. The monoisotopic (exact) mass is 208 g/mol. The van der Waals surface area contributed by atoms with Crippen LogP contribution < -0.4 is 0 Å². The first-order chi connectivity index (χ1) is 5.71. The molecular weight excluding hydrogens is 200 g/mol. The fraction of sp³-hybridized carbons (Fsp3) is 0.571. The molecule has 0 amide bonds. The molecule has 5 nitrogen and oxygen atoms in total. The number of Topliss-reactive ketones (excluding diaryl/α,β-unsaturated/α-hetero) is 1. The molecule has 2 N–H and O–H groups in total. The highest BCUT2D eigenvalue weighted by atomic mass is 35.5. The largest absolute Gasteiger partial charge is 0.481 e. The predicted molar refractivity (Wildman–Crippen MR) is 43.7 cm³/mol. The molecule has 2 unspecified atom stereocenters. The highest BCUT2D eigenvalue weighted by Gasteiger charge is 2.43. The zero-order valence-electron chi connectivity index (χ0n) is 7.07. The van der Waals surface area contributed by atoms with Crippen molar-refractivity contribution < 1.29 is 24.6 Å². The maximum absolute atomic E-state index is 11.2. The van der Waals surface area contributed by atoms with Crippen LogP contribution >= 0.6 is 11.6 Å². The summed E-state index contributed by atoms with van der Waals surface area (Å²) in [4.78, 5) is 29.8. The number of alkyl halides is 1. The minimum Gasteiger partial charge on any atom is -0.481 e. The number of rotatable bonds is 4. The molecule has 0 rings (SSSR count). The Labute approximate surface area is 79.3 Å². The molecule has 6 heteroatoms. The van der Waals surface area contributed by atoms with E-state index in [0.717, 1.165) is 13.8 Å². The van der Waals surface area contributed by atoms with Gasteiger partial charge < -0.3 is 10.2 Å². The van der Waals surface area contributed by atoms with E-state index in [1.807, 2.05) is 0 Å². The number of hydrogen-bond acceptors (Lipinski definition) is 3. The summed E-state index contributed by atoms with van der Waals surface area (Å²) in [5.74, 6) is -5.39. The van der Waals surface area contributed by atoms with Gasteiger partial charge in [0.25, 0.3) is 0 Å². The Hall–Kier alpha value is -1.10. The summed E-state index contributed by atoms with van der Waals surface area (Å²) in [6.45, 7) is 2.05. The topological polar surface area (TPSA) is 91.7 Å². The Balaban J connectivity index is 4.79. The second kappa shape index (κ2) is 3.74. The normalized spacial score (nSPS) is 17.2. The molecule has 13 heavy (non-hydrogen) atoms. The van der Waals surface area contributed by atoms with Crippen LogP contribution in [0.5, 0.6) is 0 Å². The third-order valence-corrected chi connectivity index (χ3v) is 1.98. The number of carbonyl (C=O) groups is 3. The molecule has 0 aromatic rings. The summed E-state index contributed by atoms with van der Waals surface area (Å²) in [6, 6.07) is 0. The van der Waals surface area contributed by atoms with E-state index in [4.69, 9.17) is 21.8 Å². The lowest BCUT2D eigenvalue weighted by Crippen LogP contribution is -2.43. The van der Waals surface area contributed by atoms with Crippen LogP contribution in [0.1, 0.15) is 13.8 Å². The fourth-order valence-corrected chi connectivity index (χ4v) is 0.788. The van der Waals surface area contributed by atoms with Crippen molar-refractivity contribution in [2.75, 3.05) is 0 Å². The first-order valence-electron chi connectivity index (χ1n) is 3.40. The van der Waals surface area contributed by atoms with Crippen molar-refractivity contribution >= 4 is 29.3 Å². The molecule has 0 aromatic heterocycles.